The third-order valence-corrected chi connectivity index (χ3v) is 2.30. The molecule has 0 saturated heterocycles. The lowest BCUT2D eigenvalue weighted by atomic mass is 10.1. The van der Waals surface area contributed by atoms with Gasteiger partial charge in [-0.3, -0.25) is 9.67 Å². The number of unbranched alkanes of at least 4 members (excludes halogenated alkanes) is 1. The van der Waals surface area contributed by atoms with E-state index in [-0.39, 0.29) is 0 Å². The van der Waals surface area contributed by atoms with Crippen LogP contribution < -0.4 is 0 Å². The van der Waals surface area contributed by atoms with E-state index in [1.165, 1.54) is 5.56 Å². The highest BCUT2D eigenvalue weighted by Gasteiger charge is 1.94. The van der Waals surface area contributed by atoms with Crippen molar-refractivity contribution in [3.05, 3.63) is 42.5 Å². The molecule has 2 rings (SSSR count). The number of aryl methyl sites for hydroxylation is 2. The van der Waals surface area contributed by atoms with E-state index in [1.54, 1.807) is 12.4 Å². The van der Waals surface area contributed by atoms with Gasteiger partial charge in [0, 0.05) is 25.1 Å². The Morgan fingerprint density at radius 1 is 1.20 bits per heavy atom. The topological polar surface area (TPSA) is 43.6 Å². The zero-order chi connectivity index (χ0) is 10.3. The second-order valence-electron chi connectivity index (χ2n) is 3.48. The van der Waals surface area contributed by atoms with E-state index in [1.807, 2.05) is 23.1 Å². The quantitative estimate of drug-likeness (QED) is 0.693. The fourth-order valence-electron chi connectivity index (χ4n) is 1.50. The monoisotopic (exact) mass is 202 g/mol. The molecule has 2 aromatic heterocycles. The van der Waals surface area contributed by atoms with Gasteiger partial charge in [0.2, 0.25) is 0 Å². The molecule has 0 spiro atoms. The highest BCUT2D eigenvalue weighted by Crippen LogP contribution is 2.03. The Hall–Kier alpha value is -1.71. The lowest BCUT2D eigenvalue weighted by molar-refractivity contribution is 0.541. The minimum atomic E-state index is 0.945. The van der Waals surface area contributed by atoms with Gasteiger partial charge in [0.05, 0.1) is 6.20 Å². The van der Waals surface area contributed by atoms with Crippen molar-refractivity contribution in [2.75, 3.05) is 0 Å². The molecule has 0 amide bonds. The average Bonchev–Trinajstić information content (AvgIpc) is 2.79. The maximum Gasteiger partial charge on any atom is 0.0692 e. The first-order chi connectivity index (χ1) is 7.45. The fourth-order valence-corrected chi connectivity index (χ4v) is 1.50. The van der Waals surface area contributed by atoms with Gasteiger partial charge in [-0.15, -0.1) is 5.10 Å². The fraction of sp³-hybridized carbons (Fsp3) is 0.364. The Bertz CT molecular complexity index is 369. The second kappa shape index (κ2) is 5.24. The lowest BCUT2D eigenvalue weighted by Gasteiger charge is -2.01. The summed E-state index contributed by atoms with van der Waals surface area (Å²) < 4.78 is 1.86. The Kier molecular flexibility index (Phi) is 3.43. The minimum absolute atomic E-state index is 0.945. The van der Waals surface area contributed by atoms with E-state index >= 15 is 0 Å². The van der Waals surface area contributed by atoms with E-state index in [0.29, 0.717) is 0 Å². The molecule has 0 aliphatic heterocycles. The molecule has 0 aliphatic carbocycles. The molecule has 4 heteroatoms. The van der Waals surface area contributed by atoms with Crippen LogP contribution in [0.25, 0.3) is 0 Å². The van der Waals surface area contributed by atoms with Crippen molar-refractivity contribution in [1.29, 1.82) is 0 Å². The molecule has 0 bridgehead atoms. The van der Waals surface area contributed by atoms with Gasteiger partial charge in [-0.05, 0) is 30.9 Å². The molecule has 4 nitrogen and oxygen atoms in total. The van der Waals surface area contributed by atoms with Crippen LogP contribution in [0.1, 0.15) is 18.4 Å². The molecule has 0 saturated carbocycles. The maximum atomic E-state index is 4.09. The SMILES string of the molecule is c1cncc(CCCCn2ccnn2)c1. The first kappa shape index (κ1) is 9.83. The van der Waals surface area contributed by atoms with Gasteiger partial charge in [-0.2, -0.15) is 0 Å². The van der Waals surface area contributed by atoms with E-state index < -0.39 is 0 Å². The Labute approximate surface area is 89.0 Å². The number of hydrogen-bond acceptors (Lipinski definition) is 3. The molecule has 0 aliphatic rings. The molecule has 0 unspecified atom stereocenters. The summed E-state index contributed by atoms with van der Waals surface area (Å²) in [5, 5.41) is 7.68. The summed E-state index contributed by atoms with van der Waals surface area (Å²) in [6, 6.07) is 4.09. The third-order valence-electron chi connectivity index (χ3n) is 2.30. The lowest BCUT2D eigenvalue weighted by Crippen LogP contribution is -1.99. The van der Waals surface area contributed by atoms with Crippen LogP contribution in [0, 0.1) is 0 Å². The third kappa shape index (κ3) is 3.16. The summed E-state index contributed by atoms with van der Waals surface area (Å²) in [6.07, 6.45) is 10.7. The van der Waals surface area contributed by atoms with E-state index in [2.05, 4.69) is 21.4 Å². The van der Waals surface area contributed by atoms with Crippen molar-refractivity contribution in [2.45, 2.75) is 25.8 Å². The van der Waals surface area contributed by atoms with Gasteiger partial charge in [0.1, 0.15) is 0 Å². The summed E-state index contributed by atoms with van der Waals surface area (Å²) in [5.41, 5.74) is 1.30. The Balaban J connectivity index is 1.68. The second-order valence-corrected chi connectivity index (χ2v) is 3.48. The van der Waals surface area contributed by atoms with Crippen LogP contribution in [-0.2, 0) is 13.0 Å². The van der Waals surface area contributed by atoms with Crippen LogP contribution in [0.2, 0.25) is 0 Å². The zero-order valence-corrected chi connectivity index (χ0v) is 8.58. The molecular weight excluding hydrogens is 188 g/mol. The van der Waals surface area contributed by atoms with Crippen LogP contribution in [0.4, 0.5) is 0 Å². The highest BCUT2D eigenvalue weighted by atomic mass is 15.4. The maximum absolute atomic E-state index is 4.09. The van der Waals surface area contributed by atoms with Crippen LogP contribution in [0.5, 0.6) is 0 Å². The highest BCUT2D eigenvalue weighted by molar-refractivity contribution is 5.08. The zero-order valence-electron chi connectivity index (χ0n) is 8.58. The number of pyridine rings is 1. The standard InChI is InChI=1S/C11H14N4/c1(2-8-15-9-7-13-14-15)4-11-5-3-6-12-10-11/h3,5-7,9-10H,1-2,4,8H2. The average molecular weight is 202 g/mol. The van der Waals surface area contributed by atoms with Crippen molar-refractivity contribution in [3.63, 3.8) is 0 Å². The van der Waals surface area contributed by atoms with Crippen molar-refractivity contribution < 1.29 is 0 Å². The van der Waals surface area contributed by atoms with Gasteiger partial charge in [-0.25, -0.2) is 0 Å². The van der Waals surface area contributed by atoms with Crippen molar-refractivity contribution in [2.24, 2.45) is 0 Å². The number of hydrogen-bond donors (Lipinski definition) is 0. The summed E-state index contributed by atoms with van der Waals surface area (Å²) in [6.45, 7) is 0.945. The summed E-state index contributed by atoms with van der Waals surface area (Å²) in [5.74, 6) is 0. The summed E-state index contributed by atoms with van der Waals surface area (Å²) in [7, 11) is 0. The molecule has 0 fully saturated rings. The van der Waals surface area contributed by atoms with Gasteiger partial charge in [0.25, 0.3) is 0 Å². The van der Waals surface area contributed by atoms with Gasteiger partial charge in [0.15, 0.2) is 0 Å². The van der Waals surface area contributed by atoms with E-state index in [4.69, 9.17) is 0 Å². The molecule has 0 atom stereocenters. The largest absolute Gasteiger partial charge is 0.264 e. The van der Waals surface area contributed by atoms with Crippen molar-refractivity contribution in [3.8, 4) is 0 Å². The minimum Gasteiger partial charge on any atom is -0.264 e. The van der Waals surface area contributed by atoms with E-state index in [9.17, 15) is 0 Å². The van der Waals surface area contributed by atoms with Crippen LogP contribution in [0.15, 0.2) is 36.9 Å². The first-order valence-corrected chi connectivity index (χ1v) is 5.18. The van der Waals surface area contributed by atoms with Crippen molar-refractivity contribution >= 4 is 0 Å². The molecule has 0 N–H and O–H groups in total. The van der Waals surface area contributed by atoms with Gasteiger partial charge < -0.3 is 0 Å². The molecule has 15 heavy (non-hydrogen) atoms. The van der Waals surface area contributed by atoms with Gasteiger partial charge in [-0.1, -0.05) is 11.3 Å². The normalized spacial score (nSPS) is 10.4. The Morgan fingerprint density at radius 3 is 2.93 bits per heavy atom. The Morgan fingerprint density at radius 2 is 2.20 bits per heavy atom. The van der Waals surface area contributed by atoms with Crippen molar-refractivity contribution in [1.82, 2.24) is 20.0 Å². The summed E-state index contributed by atoms with van der Waals surface area (Å²) in [4.78, 5) is 4.09. The molecule has 78 valence electrons. The molecule has 2 aromatic rings. The molecule has 0 radical (unpaired) electrons. The first-order valence-electron chi connectivity index (χ1n) is 5.18. The predicted octanol–water partition coefficient (Wildman–Crippen LogP) is 1.70. The summed E-state index contributed by atoms with van der Waals surface area (Å²) >= 11 is 0. The number of aromatic nitrogens is 4. The number of rotatable bonds is 5. The van der Waals surface area contributed by atoms with E-state index in [0.717, 1.165) is 25.8 Å². The smallest absolute Gasteiger partial charge is 0.0692 e. The molecule has 2 heterocycles. The van der Waals surface area contributed by atoms with Crippen LogP contribution in [0.3, 0.4) is 0 Å². The van der Waals surface area contributed by atoms with Crippen LogP contribution >= 0.6 is 0 Å². The number of nitrogens with zero attached hydrogens (tertiary/aromatic N) is 4. The predicted molar refractivity (Wildman–Crippen MR) is 57.2 cm³/mol. The van der Waals surface area contributed by atoms with Gasteiger partial charge >= 0.3 is 0 Å². The van der Waals surface area contributed by atoms with Crippen LogP contribution in [-0.4, -0.2) is 20.0 Å². The molecule has 0 aromatic carbocycles. The molecular formula is C11H14N4.